The molecular weight excluding hydrogens is 452 g/mol. The van der Waals surface area contributed by atoms with Crippen molar-refractivity contribution < 1.29 is 4.79 Å². The minimum Gasteiger partial charge on any atom is -0.294 e. The van der Waals surface area contributed by atoms with Crippen molar-refractivity contribution in [3.8, 4) is 11.8 Å². The van der Waals surface area contributed by atoms with E-state index in [4.69, 9.17) is 0 Å². The summed E-state index contributed by atoms with van der Waals surface area (Å²) in [5.41, 5.74) is 1.83. The van der Waals surface area contributed by atoms with Crippen LogP contribution in [-0.4, -0.2) is 5.78 Å². The molecule has 0 N–H and O–H groups in total. The minimum atomic E-state index is -0.0644. The molecule has 1 atom stereocenters. The van der Waals surface area contributed by atoms with Gasteiger partial charge in [0.15, 0.2) is 5.78 Å². The van der Waals surface area contributed by atoms with Crippen LogP contribution in [0, 0.1) is 11.8 Å². The molecule has 0 aliphatic carbocycles. The highest BCUT2D eigenvalue weighted by molar-refractivity contribution is 9.10. The summed E-state index contributed by atoms with van der Waals surface area (Å²) in [7, 11) is 0. The normalized spacial score (nSPS) is 11.5. The van der Waals surface area contributed by atoms with Crippen molar-refractivity contribution in [2.45, 2.75) is 51.4 Å². The quantitative estimate of drug-likeness (QED) is 0.219. The van der Waals surface area contributed by atoms with Crippen LogP contribution in [-0.2, 0) is 0 Å². The standard InChI is InChI=1S/C23H24Br2O/c1-2-3-4-5-6-7-8-20(18-9-13-21(24)14-10-18)17-23(26)19-11-15-22(25)16-12-19/h9-16,20H,2-6,17H2,1H3. The lowest BCUT2D eigenvalue weighted by atomic mass is 9.92. The second-order valence-electron chi connectivity index (χ2n) is 6.37. The van der Waals surface area contributed by atoms with Crippen LogP contribution >= 0.6 is 31.9 Å². The van der Waals surface area contributed by atoms with Crippen molar-refractivity contribution in [1.29, 1.82) is 0 Å². The summed E-state index contributed by atoms with van der Waals surface area (Å²) in [6, 6.07) is 15.7. The van der Waals surface area contributed by atoms with Crippen LogP contribution in [0.4, 0.5) is 0 Å². The summed E-state index contributed by atoms with van der Waals surface area (Å²) in [6.07, 6.45) is 6.17. The topological polar surface area (TPSA) is 17.1 Å². The number of carbonyl (C=O) groups excluding carboxylic acids is 1. The van der Waals surface area contributed by atoms with Gasteiger partial charge in [-0.2, -0.15) is 0 Å². The van der Waals surface area contributed by atoms with Crippen LogP contribution in [0.5, 0.6) is 0 Å². The molecule has 3 heteroatoms. The third-order valence-electron chi connectivity index (χ3n) is 4.26. The molecule has 0 fully saturated rings. The van der Waals surface area contributed by atoms with Gasteiger partial charge in [-0.05, 0) is 36.2 Å². The second kappa shape index (κ2) is 11.4. The molecule has 0 bridgehead atoms. The molecule has 1 nitrogen and oxygen atoms in total. The van der Waals surface area contributed by atoms with E-state index in [2.05, 4.69) is 62.8 Å². The van der Waals surface area contributed by atoms with E-state index in [0.717, 1.165) is 32.9 Å². The molecule has 1 unspecified atom stereocenters. The van der Waals surface area contributed by atoms with Crippen molar-refractivity contribution >= 4 is 37.6 Å². The van der Waals surface area contributed by atoms with Crippen LogP contribution in [0.3, 0.4) is 0 Å². The van der Waals surface area contributed by atoms with Crippen molar-refractivity contribution in [3.05, 3.63) is 68.6 Å². The summed E-state index contributed by atoms with van der Waals surface area (Å²) < 4.78 is 2.01. The molecule has 0 aliphatic heterocycles. The average Bonchev–Trinajstić information content (AvgIpc) is 2.64. The predicted molar refractivity (Wildman–Crippen MR) is 117 cm³/mol. The lowest BCUT2D eigenvalue weighted by Crippen LogP contribution is -2.06. The first kappa shape index (κ1) is 20.9. The Labute approximate surface area is 173 Å². The second-order valence-corrected chi connectivity index (χ2v) is 8.20. The van der Waals surface area contributed by atoms with E-state index in [-0.39, 0.29) is 11.7 Å². The third-order valence-corrected chi connectivity index (χ3v) is 5.32. The zero-order chi connectivity index (χ0) is 18.8. The Kier molecular flexibility index (Phi) is 9.15. The monoisotopic (exact) mass is 474 g/mol. The zero-order valence-corrected chi connectivity index (χ0v) is 18.3. The maximum Gasteiger partial charge on any atom is 0.164 e. The van der Waals surface area contributed by atoms with Gasteiger partial charge in [-0.1, -0.05) is 88.2 Å². The Morgan fingerprint density at radius 2 is 1.54 bits per heavy atom. The Morgan fingerprint density at radius 3 is 2.15 bits per heavy atom. The molecule has 2 rings (SSSR count). The number of benzene rings is 2. The molecule has 0 amide bonds. The minimum absolute atomic E-state index is 0.0644. The van der Waals surface area contributed by atoms with E-state index in [1.807, 2.05) is 36.4 Å². The van der Waals surface area contributed by atoms with Gasteiger partial charge in [0.2, 0.25) is 0 Å². The Balaban J connectivity index is 2.09. The highest BCUT2D eigenvalue weighted by Gasteiger charge is 2.15. The number of hydrogen-bond donors (Lipinski definition) is 0. The van der Waals surface area contributed by atoms with Crippen molar-refractivity contribution in [1.82, 2.24) is 0 Å². The molecule has 136 valence electrons. The first-order valence-corrected chi connectivity index (χ1v) is 10.7. The molecule has 0 aliphatic rings. The predicted octanol–water partition coefficient (Wildman–Crippen LogP) is 7.54. The summed E-state index contributed by atoms with van der Waals surface area (Å²) in [6.45, 7) is 2.21. The molecular formula is C23H24Br2O. The third kappa shape index (κ3) is 7.09. The fraction of sp³-hybridized carbons (Fsp3) is 0.348. The first-order valence-electron chi connectivity index (χ1n) is 9.12. The van der Waals surface area contributed by atoms with Gasteiger partial charge in [0, 0.05) is 27.4 Å². The van der Waals surface area contributed by atoms with E-state index in [9.17, 15) is 4.79 Å². The lowest BCUT2D eigenvalue weighted by molar-refractivity contribution is 0.0979. The lowest BCUT2D eigenvalue weighted by Gasteiger charge is -2.11. The van der Waals surface area contributed by atoms with E-state index in [1.54, 1.807) is 0 Å². The number of halogens is 2. The number of Topliss-reactive ketones (excluding diaryl/α,β-unsaturated/α-hetero) is 1. The van der Waals surface area contributed by atoms with Crippen molar-refractivity contribution in [3.63, 3.8) is 0 Å². The number of unbranched alkanes of at least 4 members (excludes halogenated alkanes) is 4. The molecule has 0 saturated heterocycles. The SMILES string of the molecule is CCCCCCC#CC(CC(=O)c1ccc(Br)cc1)c1ccc(Br)cc1. The van der Waals surface area contributed by atoms with E-state index >= 15 is 0 Å². The van der Waals surface area contributed by atoms with Gasteiger partial charge >= 0.3 is 0 Å². The molecule has 2 aromatic carbocycles. The fourth-order valence-corrected chi connectivity index (χ4v) is 3.25. The van der Waals surface area contributed by atoms with Crippen LogP contribution in [0.2, 0.25) is 0 Å². The smallest absolute Gasteiger partial charge is 0.164 e. The van der Waals surface area contributed by atoms with Gasteiger partial charge in [0.1, 0.15) is 0 Å². The Hall–Kier alpha value is -1.37. The summed E-state index contributed by atoms with van der Waals surface area (Å²) in [4.78, 5) is 12.7. The van der Waals surface area contributed by atoms with Gasteiger partial charge in [0.25, 0.3) is 0 Å². The van der Waals surface area contributed by atoms with E-state index in [1.165, 1.54) is 19.3 Å². The summed E-state index contributed by atoms with van der Waals surface area (Å²) >= 11 is 6.88. The number of hydrogen-bond acceptors (Lipinski definition) is 1. The Bertz CT molecular complexity index is 752. The molecule has 0 spiro atoms. The van der Waals surface area contributed by atoms with Crippen LogP contribution in [0.15, 0.2) is 57.5 Å². The van der Waals surface area contributed by atoms with Gasteiger partial charge < -0.3 is 0 Å². The maximum atomic E-state index is 12.7. The zero-order valence-electron chi connectivity index (χ0n) is 15.1. The average molecular weight is 476 g/mol. The van der Waals surface area contributed by atoms with Gasteiger partial charge in [-0.15, -0.1) is 5.92 Å². The number of carbonyl (C=O) groups is 1. The van der Waals surface area contributed by atoms with Crippen LogP contribution in [0.1, 0.15) is 67.3 Å². The molecule has 0 heterocycles. The van der Waals surface area contributed by atoms with Gasteiger partial charge in [-0.3, -0.25) is 4.79 Å². The number of rotatable bonds is 8. The highest BCUT2D eigenvalue weighted by Crippen LogP contribution is 2.24. The Morgan fingerprint density at radius 1 is 0.923 bits per heavy atom. The molecule has 26 heavy (non-hydrogen) atoms. The van der Waals surface area contributed by atoms with Crippen LogP contribution < -0.4 is 0 Å². The fourth-order valence-electron chi connectivity index (χ4n) is 2.72. The molecule has 0 radical (unpaired) electrons. The first-order chi connectivity index (χ1) is 12.6. The van der Waals surface area contributed by atoms with Crippen LogP contribution in [0.25, 0.3) is 0 Å². The molecule has 2 aromatic rings. The molecule has 0 aromatic heterocycles. The van der Waals surface area contributed by atoms with Crippen molar-refractivity contribution in [2.24, 2.45) is 0 Å². The highest BCUT2D eigenvalue weighted by atomic mass is 79.9. The molecule has 0 saturated carbocycles. The van der Waals surface area contributed by atoms with Crippen molar-refractivity contribution in [2.75, 3.05) is 0 Å². The van der Waals surface area contributed by atoms with Gasteiger partial charge in [0.05, 0.1) is 5.92 Å². The largest absolute Gasteiger partial charge is 0.294 e. The number of ketones is 1. The maximum absolute atomic E-state index is 12.7. The summed E-state index contributed by atoms with van der Waals surface area (Å²) in [5.74, 6) is 6.72. The van der Waals surface area contributed by atoms with E-state index in [0.29, 0.717) is 6.42 Å². The van der Waals surface area contributed by atoms with Gasteiger partial charge in [-0.25, -0.2) is 0 Å². The van der Waals surface area contributed by atoms with E-state index < -0.39 is 0 Å². The summed E-state index contributed by atoms with van der Waals surface area (Å²) in [5, 5.41) is 0.